The summed E-state index contributed by atoms with van der Waals surface area (Å²) in [6.07, 6.45) is 10.7. The van der Waals surface area contributed by atoms with Crippen LogP contribution in [0.2, 0.25) is 0 Å². The van der Waals surface area contributed by atoms with Crippen LogP contribution in [0, 0.1) is 23.4 Å². The van der Waals surface area contributed by atoms with Gasteiger partial charge in [-0.3, -0.25) is 10.1 Å². The first-order valence-electron chi connectivity index (χ1n) is 12.8. The van der Waals surface area contributed by atoms with Gasteiger partial charge in [-0.2, -0.15) is 0 Å². The fourth-order valence-corrected chi connectivity index (χ4v) is 5.46. The van der Waals surface area contributed by atoms with Gasteiger partial charge in [0, 0.05) is 39.3 Å². The van der Waals surface area contributed by atoms with Crippen molar-refractivity contribution in [2.24, 2.45) is 0 Å². The zero-order chi connectivity index (χ0) is 31.1. The smallest absolute Gasteiger partial charge is 0.409 e. The van der Waals surface area contributed by atoms with Crippen LogP contribution in [0.15, 0.2) is 144 Å². The topological polar surface area (TPSA) is 111 Å². The van der Waals surface area contributed by atoms with Crippen LogP contribution >= 0.6 is 20.4 Å². The minimum Gasteiger partial charge on any atom is -0.409 e. The molecule has 0 heterocycles. The third-order valence-electron chi connectivity index (χ3n) is 5.30. The Bertz CT molecular complexity index is 1330. The first-order valence-corrected chi connectivity index (χ1v) is 14.8. The molecule has 5 rings (SSSR count). The van der Waals surface area contributed by atoms with E-state index in [0.717, 1.165) is 17.7 Å². The van der Waals surface area contributed by atoms with E-state index in [-0.39, 0.29) is 27.7 Å². The van der Waals surface area contributed by atoms with E-state index in [1.54, 1.807) is 23.9 Å². The van der Waals surface area contributed by atoms with Crippen molar-refractivity contribution >= 4 is 26.1 Å². The van der Waals surface area contributed by atoms with Gasteiger partial charge in [-0.25, -0.2) is 0 Å². The predicted molar refractivity (Wildman–Crippen MR) is 166 cm³/mol. The molecule has 1 aliphatic rings. The molecule has 0 spiro atoms. The van der Waals surface area contributed by atoms with Gasteiger partial charge in [0.2, 0.25) is 0 Å². The number of thioether (sulfide) groups is 1. The van der Waals surface area contributed by atoms with Crippen molar-refractivity contribution in [3.8, 4) is 17.2 Å². The van der Waals surface area contributed by atoms with Crippen molar-refractivity contribution < 1.29 is 44.9 Å². The van der Waals surface area contributed by atoms with Crippen LogP contribution in [0.5, 0.6) is 17.2 Å². The molecule has 0 saturated heterocycles. The summed E-state index contributed by atoms with van der Waals surface area (Å²) < 4.78 is 32.5. The number of rotatable bonds is 9. The van der Waals surface area contributed by atoms with Crippen molar-refractivity contribution in [2.75, 3.05) is 0 Å². The molecule has 226 valence electrons. The largest absolute Gasteiger partial charge is 0.530 e. The molecular weight excluding hydrogens is 641 g/mol. The molecule has 0 bridgehead atoms. The quantitative estimate of drug-likeness (QED) is 0.0439. The summed E-state index contributed by atoms with van der Waals surface area (Å²) in [5, 5.41) is 11.0. The molecule has 8 nitrogen and oxygen atoms in total. The number of para-hydroxylation sites is 3. The van der Waals surface area contributed by atoms with Crippen LogP contribution in [-0.4, -0.2) is 10.2 Å². The minimum atomic E-state index is -1.59. The molecule has 0 aliphatic heterocycles. The monoisotopic (exact) mass is 669 g/mol. The molecule has 4 aromatic carbocycles. The molecule has 0 N–H and O–H groups in total. The molecule has 0 aromatic heterocycles. The standard InChI is InChI=1S/C18H15O3P.C13H13NO2S.2CO.Fe/c1-4-10-16(11-5-1)19-22(20-17-12-6-2-7-13-17)21-18-14-8-3-9-15-18;15-14(16)11-7-9-13(10-8-11)17-12-5-3-1-2-4-6-12;2*1-2;/h1-15H;1-3,5,7-10,12H,4,6H2;;;/t;12-;;;/m.0.../s1. The molecule has 0 amide bonds. The summed E-state index contributed by atoms with van der Waals surface area (Å²) in [5.41, 5.74) is 0.146. The number of allylic oxidation sites excluding steroid dienone is 3. The second-order valence-corrected chi connectivity index (χ2v) is 10.5. The van der Waals surface area contributed by atoms with Crippen molar-refractivity contribution in [2.45, 2.75) is 23.0 Å². The maximum absolute atomic E-state index is 10.5. The fourth-order valence-electron chi connectivity index (χ4n) is 3.40. The number of benzene rings is 4. The number of hydrogen-bond donors (Lipinski definition) is 0. The summed E-state index contributed by atoms with van der Waals surface area (Å²) >= 11 is 1.75. The van der Waals surface area contributed by atoms with E-state index in [0.29, 0.717) is 22.5 Å². The summed E-state index contributed by atoms with van der Waals surface area (Å²) in [7, 11) is -1.59. The van der Waals surface area contributed by atoms with Crippen LogP contribution in [0.4, 0.5) is 5.69 Å². The van der Waals surface area contributed by atoms with E-state index in [4.69, 9.17) is 22.9 Å². The molecule has 0 fully saturated rings. The molecule has 0 saturated carbocycles. The van der Waals surface area contributed by atoms with Crippen molar-refractivity contribution in [3.63, 3.8) is 0 Å². The maximum Gasteiger partial charge on any atom is 0.530 e. The van der Waals surface area contributed by atoms with E-state index in [1.165, 1.54) is 0 Å². The SMILES string of the molecule is O=[N+]([O-])c1ccc(S[C@H]2C=CC=CCC2)cc1.[C-]#[O+].[C-]#[O+].[Fe].c1ccc(OP(Oc2ccccc2)Oc2ccccc2)cc1. The third kappa shape index (κ3) is 14.9. The normalized spacial score (nSPS) is 12.5. The van der Waals surface area contributed by atoms with E-state index in [2.05, 4.69) is 37.6 Å². The van der Waals surface area contributed by atoms with E-state index in [9.17, 15) is 10.1 Å². The second kappa shape index (κ2) is 23.4. The minimum absolute atomic E-state index is 0. The van der Waals surface area contributed by atoms with E-state index in [1.807, 2.05) is 103 Å². The zero-order valence-corrected chi connectivity index (χ0v) is 26.1. The molecule has 1 atom stereocenters. The summed E-state index contributed by atoms with van der Waals surface area (Å²) in [5.74, 6) is 2.13. The third-order valence-corrected chi connectivity index (χ3v) is 7.61. The second-order valence-electron chi connectivity index (χ2n) is 8.23. The molecule has 44 heavy (non-hydrogen) atoms. The Morgan fingerprint density at radius 1 is 0.705 bits per heavy atom. The van der Waals surface area contributed by atoms with Gasteiger partial charge in [0.05, 0.1) is 4.92 Å². The van der Waals surface area contributed by atoms with Gasteiger partial charge >= 0.3 is 31.2 Å². The molecule has 0 unspecified atom stereocenters. The van der Waals surface area contributed by atoms with Crippen molar-refractivity contribution in [3.05, 3.63) is 163 Å². The average molecular weight is 669 g/mol. The Morgan fingerprint density at radius 2 is 1.14 bits per heavy atom. The molecule has 0 radical (unpaired) electrons. The fraction of sp³-hybridized carbons (Fsp3) is 0.0909. The van der Waals surface area contributed by atoms with E-state index < -0.39 is 8.60 Å². The zero-order valence-electron chi connectivity index (χ0n) is 23.3. The van der Waals surface area contributed by atoms with Crippen LogP contribution in [0.3, 0.4) is 0 Å². The number of hydrogen-bond acceptors (Lipinski definition) is 6. The van der Waals surface area contributed by atoms with Crippen molar-refractivity contribution in [1.29, 1.82) is 0 Å². The maximum atomic E-state index is 10.5. The molecule has 1 aliphatic carbocycles. The number of non-ortho nitro benzene ring substituents is 1. The molecule has 11 heteroatoms. The van der Waals surface area contributed by atoms with E-state index >= 15 is 0 Å². The molecular formula is C33H28FeNO7PS. The number of nitro benzene ring substituents is 1. The van der Waals surface area contributed by atoms with Crippen LogP contribution < -0.4 is 13.6 Å². The van der Waals surface area contributed by atoms with Gasteiger partial charge in [0.1, 0.15) is 17.2 Å². The number of nitrogens with zero attached hydrogens (tertiary/aromatic N) is 1. The Balaban J connectivity index is 0.000000397. The summed E-state index contributed by atoms with van der Waals surface area (Å²) in [6, 6.07) is 35.3. The van der Waals surface area contributed by atoms with Gasteiger partial charge in [-0.05, 0) is 61.4 Å². The predicted octanol–water partition coefficient (Wildman–Crippen LogP) is 9.33. The van der Waals surface area contributed by atoms with Crippen LogP contribution in [0.1, 0.15) is 12.8 Å². The average Bonchev–Trinajstić information content (AvgIpc) is 3.34. The van der Waals surface area contributed by atoms with Crippen LogP contribution in [0.25, 0.3) is 0 Å². The Hall–Kier alpha value is -4.06. The van der Waals surface area contributed by atoms with Gasteiger partial charge in [-0.1, -0.05) is 78.9 Å². The Kier molecular flexibility index (Phi) is 20.2. The van der Waals surface area contributed by atoms with Gasteiger partial charge < -0.3 is 13.6 Å². The summed E-state index contributed by atoms with van der Waals surface area (Å²) in [4.78, 5) is 11.2. The van der Waals surface area contributed by atoms with Gasteiger partial charge in [0.25, 0.3) is 5.69 Å². The van der Waals surface area contributed by atoms with Crippen molar-refractivity contribution in [1.82, 2.24) is 0 Å². The summed E-state index contributed by atoms with van der Waals surface area (Å²) in [6.45, 7) is 9.00. The van der Waals surface area contributed by atoms with Gasteiger partial charge in [-0.15, -0.1) is 11.8 Å². The Morgan fingerprint density at radius 3 is 1.55 bits per heavy atom. The number of nitro groups is 1. The molecule has 4 aromatic rings. The Labute approximate surface area is 273 Å². The first kappa shape index (κ1) is 38.0. The first-order chi connectivity index (χ1) is 21.2. The van der Waals surface area contributed by atoms with Gasteiger partial charge in [0.15, 0.2) is 0 Å². The van der Waals surface area contributed by atoms with Crippen LogP contribution in [-0.2, 0) is 26.4 Å².